The van der Waals surface area contributed by atoms with E-state index in [4.69, 9.17) is 10.5 Å². The van der Waals surface area contributed by atoms with Gasteiger partial charge in [-0.05, 0) is 45.4 Å². The third-order valence-electron chi connectivity index (χ3n) is 3.16. The fourth-order valence-corrected chi connectivity index (χ4v) is 2.17. The Labute approximate surface area is 125 Å². The Morgan fingerprint density at radius 3 is 2.52 bits per heavy atom. The summed E-state index contributed by atoms with van der Waals surface area (Å²) in [5, 5.41) is 1.01. The zero-order chi connectivity index (χ0) is 15.7. The van der Waals surface area contributed by atoms with Crippen molar-refractivity contribution in [2.45, 2.75) is 45.3 Å². The highest BCUT2D eigenvalue weighted by Gasteiger charge is 2.33. The molecular formula is C17H22N2O2. The van der Waals surface area contributed by atoms with Gasteiger partial charge in [0.15, 0.2) is 0 Å². The monoisotopic (exact) mass is 286 g/mol. The van der Waals surface area contributed by atoms with Gasteiger partial charge in [0.1, 0.15) is 11.1 Å². The molecule has 4 nitrogen and oxygen atoms in total. The maximum absolute atomic E-state index is 12.3. The molecule has 0 spiro atoms. The predicted molar refractivity (Wildman–Crippen MR) is 83.9 cm³/mol. The summed E-state index contributed by atoms with van der Waals surface area (Å²) >= 11 is 0. The summed E-state index contributed by atoms with van der Waals surface area (Å²) in [5.74, 6) is -0.393. The number of nitrogens with zero attached hydrogens (tertiary/aromatic N) is 1. The van der Waals surface area contributed by atoms with Crippen molar-refractivity contribution in [2.75, 3.05) is 0 Å². The Morgan fingerprint density at radius 1 is 1.19 bits per heavy atom. The van der Waals surface area contributed by atoms with Crippen molar-refractivity contribution in [1.29, 1.82) is 0 Å². The van der Waals surface area contributed by atoms with Crippen LogP contribution in [0.25, 0.3) is 10.9 Å². The highest BCUT2D eigenvalue weighted by Crippen LogP contribution is 2.22. The number of pyridine rings is 1. The molecule has 0 saturated carbocycles. The van der Waals surface area contributed by atoms with Crippen molar-refractivity contribution in [1.82, 2.24) is 4.98 Å². The SMILES string of the molecule is CC(C)(C)OC(=O)C(C)(N)Cc1ccnc2ccccc12. The second kappa shape index (κ2) is 5.45. The van der Waals surface area contributed by atoms with Crippen molar-refractivity contribution in [3.8, 4) is 0 Å². The Kier molecular flexibility index (Phi) is 4.01. The summed E-state index contributed by atoms with van der Waals surface area (Å²) in [6.07, 6.45) is 2.15. The standard InChI is InChI=1S/C17H22N2O2/c1-16(2,3)21-15(20)17(4,18)11-12-9-10-19-14-8-6-5-7-13(12)14/h5-10H,11,18H2,1-4H3. The number of esters is 1. The molecule has 1 unspecified atom stereocenters. The lowest BCUT2D eigenvalue weighted by atomic mass is 9.92. The van der Waals surface area contributed by atoms with E-state index in [1.165, 1.54) is 0 Å². The van der Waals surface area contributed by atoms with Gasteiger partial charge in [-0.3, -0.25) is 9.78 Å². The third kappa shape index (κ3) is 3.79. The lowest BCUT2D eigenvalue weighted by Gasteiger charge is -2.28. The number of nitrogens with two attached hydrogens (primary N) is 1. The number of fused-ring (bicyclic) bond motifs is 1. The zero-order valence-corrected chi connectivity index (χ0v) is 13.0. The average Bonchev–Trinajstić information content (AvgIpc) is 2.37. The molecular weight excluding hydrogens is 264 g/mol. The lowest BCUT2D eigenvalue weighted by Crippen LogP contribution is -2.50. The first-order valence-corrected chi connectivity index (χ1v) is 7.04. The minimum absolute atomic E-state index is 0.393. The van der Waals surface area contributed by atoms with Crippen molar-refractivity contribution in [3.05, 3.63) is 42.1 Å². The fourth-order valence-electron chi connectivity index (χ4n) is 2.17. The molecule has 2 N–H and O–H groups in total. The van der Waals surface area contributed by atoms with E-state index >= 15 is 0 Å². The quantitative estimate of drug-likeness (QED) is 0.881. The number of carbonyl (C=O) groups excluding carboxylic acids is 1. The van der Waals surface area contributed by atoms with Gasteiger partial charge < -0.3 is 10.5 Å². The topological polar surface area (TPSA) is 65.2 Å². The van der Waals surface area contributed by atoms with Crippen molar-refractivity contribution in [2.24, 2.45) is 5.73 Å². The van der Waals surface area contributed by atoms with Crippen LogP contribution in [0.4, 0.5) is 0 Å². The molecule has 0 aliphatic carbocycles. The van der Waals surface area contributed by atoms with E-state index in [0.29, 0.717) is 6.42 Å². The maximum Gasteiger partial charge on any atom is 0.326 e. The van der Waals surface area contributed by atoms with Gasteiger partial charge in [-0.2, -0.15) is 0 Å². The molecule has 0 aliphatic rings. The molecule has 2 aromatic rings. The summed E-state index contributed by atoms with van der Waals surface area (Å²) in [6.45, 7) is 7.21. The summed E-state index contributed by atoms with van der Waals surface area (Å²) in [6, 6.07) is 9.73. The molecule has 1 aromatic heterocycles. The van der Waals surface area contributed by atoms with Crippen LogP contribution in [0.5, 0.6) is 0 Å². The van der Waals surface area contributed by atoms with Gasteiger partial charge in [0.25, 0.3) is 0 Å². The lowest BCUT2D eigenvalue weighted by molar-refractivity contribution is -0.160. The number of ether oxygens (including phenoxy) is 1. The van der Waals surface area contributed by atoms with E-state index in [9.17, 15) is 4.79 Å². The first kappa shape index (κ1) is 15.4. The predicted octanol–water partition coefficient (Wildman–Crippen LogP) is 2.84. The summed E-state index contributed by atoms with van der Waals surface area (Å²) in [7, 11) is 0. The molecule has 112 valence electrons. The molecule has 21 heavy (non-hydrogen) atoms. The zero-order valence-electron chi connectivity index (χ0n) is 13.0. The van der Waals surface area contributed by atoms with Crippen LogP contribution in [-0.2, 0) is 16.0 Å². The molecule has 1 atom stereocenters. The van der Waals surface area contributed by atoms with E-state index in [1.54, 1.807) is 13.1 Å². The van der Waals surface area contributed by atoms with Crippen LogP contribution in [0.3, 0.4) is 0 Å². The number of rotatable bonds is 3. The van der Waals surface area contributed by atoms with Crippen molar-refractivity contribution >= 4 is 16.9 Å². The van der Waals surface area contributed by atoms with Crippen LogP contribution < -0.4 is 5.73 Å². The second-order valence-corrected chi connectivity index (χ2v) is 6.58. The van der Waals surface area contributed by atoms with Crippen LogP contribution >= 0.6 is 0 Å². The van der Waals surface area contributed by atoms with Gasteiger partial charge in [-0.25, -0.2) is 0 Å². The van der Waals surface area contributed by atoms with Gasteiger partial charge >= 0.3 is 5.97 Å². The highest BCUT2D eigenvalue weighted by atomic mass is 16.6. The van der Waals surface area contributed by atoms with Crippen molar-refractivity contribution < 1.29 is 9.53 Å². The van der Waals surface area contributed by atoms with Crippen LogP contribution in [0.15, 0.2) is 36.5 Å². The highest BCUT2D eigenvalue weighted by molar-refractivity contribution is 5.85. The van der Waals surface area contributed by atoms with Gasteiger partial charge in [0.05, 0.1) is 5.52 Å². The molecule has 1 heterocycles. The first-order valence-electron chi connectivity index (χ1n) is 7.04. The Balaban J connectivity index is 2.28. The molecule has 0 amide bonds. The molecule has 0 saturated heterocycles. The number of benzene rings is 1. The molecule has 0 radical (unpaired) electrons. The van der Waals surface area contributed by atoms with Crippen molar-refractivity contribution in [3.63, 3.8) is 0 Å². The molecule has 1 aromatic carbocycles. The van der Waals surface area contributed by atoms with Gasteiger partial charge in [-0.15, -0.1) is 0 Å². The first-order chi connectivity index (χ1) is 9.69. The largest absolute Gasteiger partial charge is 0.459 e. The fraction of sp³-hybridized carbons (Fsp3) is 0.412. The maximum atomic E-state index is 12.3. The number of hydrogen-bond acceptors (Lipinski definition) is 4. The number of para-hydroxylation sites is 1. The molecule has 0 aliphatic heterocycles. The average molecular weight is 286 g/mol. The third-order valence-corrected chi connectivity index (χ3v) is 3.16. The smallest absolute Gasteiger partial charge is 0.326 e. The van der Waals surface area contributed by atoms with Crippen LogP contribution in [-0.4, -0.2) is 22.1 Å². The summed E-state index contributed by atoms with van der Waals surface area (Å²) in [4.78, 5) is 16.6. The normalized spacial score (nSPS) is 14.7. The Hall–Kier alpha value is -1.94. The molecule has 2 rings (SSSR count). The van der Waals surface area contributed by atoms with Gasteiger partial charge in [-0.1, -0.05) is 18.2 Å². The molecule has 4 heteroatoms. The van der Waals surface area contributed by atoms with E-state index in [1.807, 2.05) is 51.1 Å². The molecule has 0 bridgehead atoms. The number of aromatic nitrogens is 1. The number of carbonyl (C=O) groups is 1. The van der Waals surface area contributed by atoms with E-state index < -0.39 is 17.1 Å². The van der Waals surface area contributed by atoms with Gasteiger partial charge in [0, 0.05) is 18.0 Å². The summed E-state index contributed by atoms with van der Waals surface area (Å²) in [5.41, 5.74) is 6.47. The van der Waals surface area contributed by atoms with E-state index in [2.05, 4.69) is 4.98 Å². The summed E-state index contributed by atoms with van der Waals surface area (Å²) < 4.78 is 5.41. The molecule has 0 fully saturated rings. The van der Waals surface area contributed by atoms with Crippen LogP contribution in [0.1, 0.15) is 33.3 Å². The number of hydrogen-bond donors (Lipinski definition) is 1. The Bertz CT molecular complexity index is 652. The minimum atomic E-state index is -1.07. The van der Waals surface area contributed by atoms with Gasteiger partial charge in [0.2, 0.25) is 0 Å². The van der Waals surface area contributed by atoms with Crippen LogP contribution in [0, 0.1) is 0 Å². The van der Waals surface area contributed by atoms with E-state index in [-0.39, 0.29) is 0 Å². The Morgan fingerprint density at radius 2 is 1.86 bits per heavy atom. The second-order valence-electron chi connectivity index (χ2n) is 6.58. The minimum Gasteiger partial charge on any atom is -0.459 e. The van der Waals surface area contributed by atoms with Crippen LogP contribution in [0.2, 0.25) is 0 Å². The van der Waals surface area contributed by atoms with E-state index in [0.717, 1.165) is 16.5 Å².